The van der Waals surface area contributed by atoms with Crippen molar-refractivity contribution in [3.63, 3.8) is 0 Å². The molecule has 2 rings (SSSR count). The number of amides is 1. The van der Waals surface area contributed by atoms with Gasteiger partial charge in [0, 0.05) is 12.6 Å². The second kappa shape index (κ2) is 6.31. The molecule has 1 saturated heterocycles. The fourth-order valence-corrected chi connectivity index (χ4v) is 2.72. The van der Waals surface area contributed by atoms with Crippen molar-refractivity contribution < 1.29 is 14.3 Å². The second-order valence-electron chi connectivity index (χ2n) is 6.08. The first-order valence-electron chi connectivity index (χ1n) is 7.47. The fourth-order valence-electron chi connectivity index (χ4n) is 2.72. The van der Waals surface area contributed by atoms with Crippen LogP contribution in [0.5, 0.6) is 11.5 Å². The van der Waals surface area contributed by atoms with Gasteiger partial charge in [-0.1, -0.05) is 0 Å². The number of hydrogen-bond donors (Lipinski definition) is 0. The number of ether oxygens (including phenoxy) is 2. The zero-order chi connectivity index (χ0) is 16.3. The molecule has 1 aliphatic rings. The van der Waals surface area contributed by atoms with Crippen LogP contribution >= 0.6 is 0 Å². The van der Waals surface area contributed by atoms with Gasteiger partial charge < -0.3 is 14.4 Å². The molecule has 0 spiro atoms. The molecule has 0 aromatic heterocycles. The molecule has 1 atom stereocenters. The van der Waals surface area contributed by atoms with Crippen molar-refractivity contribution in [3.05, 3.63) is 23.8 Å². The van der Waals surface area contributed by atoms with Gasteiger partial charge in [-0.05, 0) is 44.8 Å². The van der Waals surface area contributed by atoms with Crippen molar-refractivity contribution in [2.24, 2.45) is 0 Å². The van der Waals surface area contributed by atoms with E-state index in [1.807, 2.05) is 4.90 Å². The van der Waals surface area contributed by atoms with Crippen LogP contribution in [0.3, 0.4) is 0 Å². The summed E-state index contributed by atoms with van der Waals surface area (Å²) < 4.78 is 11.2. The molecule has 1 aromatic rings. The topological polar surface area (TPSA) is 62.6 Å². The highest BCUT2D eigenvalue weighted by atomic mass is 16.5. The van der Waals surface area contributed by atoms with E-state index < -0.39 is 5.60 Å². The molecule has 0 saturated carbocycles. The largest absolute Gasteiger partial charge is 0.493 e. The quantitative estimate of drug-likeness (QED) is 0.786. The molecule has 116 valence electrons. The Balaban J connectivity index is 2.21. The van der Waals surface area contributed by atoms with Crippen molar-refractivity contribution in [3.8, 4) is 17.6 Å². The molecule has 0 bridgehead atoms. The molecule has 0 aliphatic carbocycles. The van der Waals surface area contributed by atoms with Crippen LogP contribution in [0.15, 0.2) is 18.2 Å². The average Bonchev–Trinajstić information content (AvgIpc) is 2.92. The minimum absolute atomic E-state index is 0.0242. The summed E-state index contributed by atoms with van der Waals surface area (Å²) >= 11 is 0. The van der Waals surface area contributed by atoms with Crippen LogP contribution in [-0.4, -0.2) is 43.9 Å². The highest BCUT2D eigenvalue weighted by Crippen LogP contribution is 2.32. The van der Waals surface area contributed by atoms with E-state index >= 15 is 0 Å². The number of nitrogens with zero attached hydrogens (tertiary/aromatic N) is 2. The van der Waals surface area contributed by atoms with E-state index in [0.29, 0.717) is 17.1 Å². The van der Waals surface area contributed by atoms with Crippen molar-refractivity contribution in [1.29, 1.82) is 5.26 Å². The lowest BCUT2D eigenvalue weighted by Gasteiger charge is -2.32. The van der Waals surface area contributed by atoms with Gasteiger partial charge in [0.2, 0.25) is 0 Å². The molecule has 1 fully saturated rings. The summed E-state index contributed by atoms with van der Waals surface area (Å²) in [5.74, 6) is 1.14. The number of benzene rings is 1. The van der Waals surface area contributed by atoms with Gasteiger partial charge in [-0.2, -0.15) is 5.26 Å². The van der Waals surface area contributed by atoms with Crippen molar-refractivity contribution >= 4 is 13.8 Å². The summed E-state index contributed by atoms with van der Waals surface area (Å²) in [5.41, 5.74) is -0.499. The maximum atomic E-state index is 12.7. The molecular formula is C16H21BN2O3. The average molecular weight is 300 g/mol. The lowest BCUT2D eigenvalue weighted by molar-refractivity contribution is -0.145. The van der Waals surface area contributed by atoms with Crippen LogP contribution in [-0.2, 0) is 4.79 Å². The summed E-state index contributed by atoms with van der Waals surface area (Å²) in [6.45, 7) is 4.30. The van der Waals surface area contributed by atoms with Crippen molar-refractivity contribution in [2.75, 3.05) is 13.7 Å². The summed E-state index contributed by atoms with van der Waals surface area (Å²) in [6.07, 6.45) is 2.06. The summed E-state index contributed by atoms with van der Waals surface area (Å²) in [4.78, 5) is 14.6. The SMILES string of the molecule is B[C@H]1CCCN1C(=O)C(C)(C)Oc1ccc(C#N)cc1OC. The molecule has 0 N–H and O–H groups in total. The molecule has 22 heavy (non-hydrogen) atoms. The third kappa shape index (κ3) is 3.19. The van der Waals surface area contributed by atoms with Gasteiger partial charge in [-0.3, -0.25) is 4.79 Å². The first kappa shape index (κ1) is 16.2. The van der Waals surface area contributed by atoms with E-state index in [0.717, 1.165) is 19.4 Å². The normalized spacial score (nSPS) is 17.9. The summed E-state index contributed by atoms with van der Waals surface area (Å²) in [6, 6.07) is 6.98. The van der Waals surface area contributed by atoms with E-state index in [1.165, 1.54) is 7.11 Å². The molecule has 0 unspecified atom stereocenters. The Morgan fingerprint density at radius 3 is 2.73 bits per heavy atom. The standard InChI is InChI=1S/C16H21BN2O3/c1-16(2,15(20)19-8-4-5-14(19)17)22-12-7-6-11(10-18)9-13(12)21-3/h6-7,9,14H,4-5,8,17H2,1-3H3/t14-/m1/s1. The van der Waals surface area contributed by atoms with Gasteiger partial charge in [0.15, 0.2) is 17.1 Å². The van der Waals surface area contributed by atoms with Gasteiger partial charge in [0.25, 0.3) is 5.91 Å². The van der Waals surface area contributed by atoms with Crippen LogP contribution in [0.4, 0.5) is 0 Å². The number of hydrogen-bond acceptors (Lipinski definition) is 4. The van der Waals surface area contributed by atoms with Crippen molar-refractivity contribution in [1.82, 2.24) is 4.90 Å². The highest BCUT2D eigenvalue weighted by molar-refractivity contribution is 6.13. The van der Waals surface area contributed by atoms with E-state index in [9.17, 15) is 4.79 Å². The minimum atomic E-state index is -0.986. The van der Waals surface area contributed by atoms with Gasteiger partial charge in [0.1, 0.15) is 7.85 Å². The van der Waals surface area contributed by atoms with Crippen LogP contribution in [0, 0.1) is 11.3 Å². The zero-order valence-electron chi connectivity index (χ0n) is 13.5. The third-order valence-corrected chi connectivity index (χ3v) is 3.99. The van der Waals surface area contributed by atoms with Crippen molar-refractivity contribution in [2.45, 2.75) is 38.2 Å². The molecule has 1 aromatic carbocycles. The lowest BCUT2D eigenvalue weighted by atomic mass is 9.93. The number of carbonyl (C=O) groups is 1. The monoisotopic (exact) mass is 300 g/mol. The molecule has 1 heterocycles. The zero-order valence-corrected chi connectivity index (χ0v) is 13.5. The van der Waals surface area contributed by atoms with Gasteiger partial charge >= 0.3 is 0 Å². The second-order valence-corrected chi connectivity index (χ2v) is 6.08. The smallest absolute Gasteiger partial charge is 0.265 e. The molecule has 6 heteroatoms. The third-order valence-electron chi connectivity index (χ3n) is 3.99. The lowest BCUT2D eigenvalue weighted by Crippen LogP contribution is -2.50. The Hall–Kier alpha value is -2.16. The Morgan fingerprint density at radius 1 is 1.45 bits per heavy atom. The number of nitriles is 1. The van der Waals surface area contributed by atoms with Gasteiger partial charge in [-0.25, -0.2) is 0 Å². The van der Waals surface area contributed by atoms with E-state index in [2.05, 4.69) is 13.9 Å². The first-order valence-corrected chi connectivity index (χ1v) is 7.47. The van der Waals surface area contributed by atoms with Gasteiger partial charge in [-0.15, -0.1) is 0 Å². The number of likely N-dealkylation sites (tertiary alicyclic amines) is 1. The van der Waals surface area contributed by atoms with Crippen LogP contribution < -0.4 is 9.47 Å². The van der Waals surface area contributed by atoms with E-state index in [1.54, 1.807) is 32.0 Å². The van der Waals surface area contributed by atoms with Crippen LogP contribution in [0.25, 0.3) is 0 Å². The number of methoxy groups -OCH3 is 1. The van der Waals surface area contributed by atoms with Crippen LogP contribution in [0.2, 0.25) is 0 Å². The molecule has 0 radical (unpaired) electrons. The molecular weight excluding hydrogens is 279 g/mol. The molecule has 1 aliphatic heterocycles. The van der Waals surface area contributed by atoms with E-state index in [-0.39, 0.29) is 11.8 Å². The predicted octanol–water partition coefficient (Wildman–Crippen LogP) is 1.31. The predicted molar refractivity (Wildman–Crippen MR) is 85.7 cm³/mol. The Kier molecular flexibility index (Phi) is 4.65. The number of rotatable bonds is 4. The Morgan fingerprint density at radius 2 is 2.18 bits per heavy atom. The Labute approximate surface area is 132 Å². The first-order chi connectivity index (χ1) is 10.4. The highest BCUT2D eigenvalue weighted by Gasteiger charge is 2.38. The molecule has 5 nitrogen and oxygen atoms in total. The Bertz CT molecular complexity index is 610. The van der Waals surface area contributed by atoms with Crippen LogP contribution in [0.1, 0.15) is 32.3 Å². The summed E-state index contributed by atoms with van der Waals surface area (Å²) in [5, 5.41) is 8.93. The van der Waals surface area contributed by atoms with E-state index in [4.69, 9.17) is 14.7 Å². The maximum Gasteiger partial charge on any atom is 0.265 e. The maximum absolute atomic E-state index is 12.7. The van der Waals surface area contributed by atoms with Gasteiger partial charge in [0.05, 0.1) is 18.7 Å². The molecule has 1 amide bonds. The number of carbonyl (C=O) groups excluding carboxylic acids is 1. The minimum Gasteiger partial charge on any atom is -0.493 e. The fraction of sp³-hybridized carbons (Fsp3) is 0.500. The summed E-state index contributed by atoms with van der Waals surface area (Å²) in [7, 11) is 3.57.